The maximum Gasteiger partial charge on any atom is 0.326 e. The number of aromatic nitrogens is 1. The summed E-state index contributed by atoms with van der Waals surface area (Å²) in [4.78, 5) is 26.9. The van der Waals surface area contributed by atoms with E-state index in [9.17, 15) is 14.7 Å². The molecule has 0 radical (unpaired) electrons. The number of amides is 1. The van der Waals surface area contributed by atoms with Gasteiger partial charge in [-0.2, -0.15) is 0 Å². The van der Waals surface area contributed by atoms with Crippen molar-refractivity contribution < 1.29 is 14.7 Å². The van der Waals surface area contributed by atoms with Crippen LogP contribution >= 0.6 is 0 Å². The highest BCUT2D eigenvalue weighted by Crippen LogP contribution is 2.19. The molecule has 0 saturated heterocycles. The van der Waals surface area contributed by atoms with Crippen molar-refractivity contribution in [1.29, 1.82) is 0 Å². The summed E-state index contributed by atoms with van der Waals surface area (Å²) in [7, 11) is 0. The van der Waals surface area contributed by atoms with Crippen LogP contribution in [0, 0.1) is 0 Å². The third kappa shape index (κ3) is 7.08. The van der Waals surface area contributed by atoms with E-state index < -0.39 is 12.0 Å². The molecule has 3 N–H and O–H groups in total. The molecule has 0 saturated carbocycles. The van der Waals surface area contributed by atoms with Crippen LogP contribution in [-0.4, -0.2) is 28.0 Å². The maximum atomic E-state index is 12.1. The molecule has 1 aromatic carbocycles. The number of rotatable bonds is 13. The highest BCUT2D eigenvalue weighted by molar-refractivity contribution is 5.86. The lowest BCUT2D eigenvalue weighted by Gasteiger charge is -2.14. The van der Waals surface area contributed by atoms with Crippen molar-refractivity contribution in [3.63, 3.8) is 0 Å². The number of hydrogen-bond acceptors (Lipinski definition) is 2. The van der Waals surface area contributed by atoms with Crippen molar-refractivity contribution in [3.05, 3.63) is 36.0 Å². The van der Waals surface area contributed by atoms with Crippen LogP contribution in [0.15, 0.2) is 30.5 Å². The van der Waals surface area contributed by atoms with Gasteiger partial charge in [0, 0.05) is 29.9 Å². The van der Waals surface area contributed by atoms with Gasteiger partial charge < -0.3 is 15.4 Å². The number of carboxylic acids is 1. The lowest BCUT2D eigenvalue weighted by Crippen LogP contribution is -2.42. The average Bonchev–Trinajstić information content (AvgIpc) is 3.06. The van der Waals surface area contributed by atoms with E-state index in [2.05, 4.69) is 17.2 Å². The van der Waals surface area contributed by atoms with Gasteiger partial charge >= 0.3 is 5.97 Å². The summed E-state index contributed by atoms with van der Waals surface area (Å²) in [5, 5.41) is 13.2. The molecule has 0 aliphatic carbocycles. The van der Waals surface area contributed by atoms with Gasteiger partial charge in [0.05, 0.1) is 0 Å². The van der Waals surface area contributed by atoms with E-state index in [-0.39, 0.29) is 12.3 Å². The summed E-state index contributed by atoms with van der Waals surface area (Å²) in [5.41, 5.74) is 1.88. The first kappa shape index (κ1) is 21.0. The number of hydrogen-bond donors (Lipinski definition) is 3. The minimum absolute atomic E-state index is 0.173. The van der Waals surface area contributed by atoms with Gasteiger partial charge in [-0.15, -0.1) is 0 Å². The second kappa shape index (κ2) is 11.4. The number of para-hydroxylation sites is 1. The van der Waals surface area contributed by atoms with Crippen LogP contribution in [0.25, 0.3) is 10.9 Å². The molecule has 27 heavy (non-hydrogen) atoms. The fourth-order valence-corrected chi connectivity index (χ4v) is 3.41. The first-order chi connectivity index (χ1) is 13.1. The molecule has 0 aliphatic rings. The quantitative estimate of drug-likeness (QED) is 0.441. The van der Waals surface area contributed by atoms with Gasteiger partial charge in [0.2, 0.25) is 5.91 Å². The maximum absolute atomic E-state index is 12.1. The minimum atomic E-state index is -0.996. The normalized spacial score (nSPS) is 12.2. The lowest BCUT2D eigenvalue weighted by molar-refractivity contribution is -0.141. The predicted octanol–water partition coefficient (Wildman–Crippen LogP) is 4.81. The Bertz CT molecular complexity index is 723. The number of aliphatic carboxylic acids is 1. The number of carbonyl (C=O) groups is 2. The van der Waals surface area contributed by atoms with Gasteiger partial charge in [-0.05, 0) is 18.1 Å². The molecule has 1 heterocycles. The van der Waals surface area contributed by atoms with Crippen molar-refractivity contribution in [1.82, 2.24) is 10.3 Å². The molecular formula is C22H32N2O3. The number of nitrogens with one attached hydrogen (secondary N) is 2. The van der Waals surface area contributed by atoms with Crippen molar-refractivity contribution in [2.75, 3.05) is 0 Å². The number of fused-ring (bicyclic) bond motifs is 1. The monoisotopic (exact) mass is 372 g/mol. The van der Waals surface area contributed by atoms with Crippen LogP contribution in [0.4, 0.5) is 0 Å². The smallest absolute Gasteiger partial charge is 0.326 e. The van der Waals surface area contributed by atoms with Crippen LogP contribution in [0.3, 0.4) is 0 Å². The zero-order valence-corrected chi connectivity index (χ0v) is 16.3. The molecule has 2 aromatic rings. The minimum Gasteiger partial charge on any atom is -0.480 e. The molecule has 1 atom stereocenters. The van der Waals surface area contributed by atoms with E-state index in [1.807, 2.05) is 30.5 Å². The number of carbonyl (C=O) groups excluding carboxylic acids is 1. The molecular weight excluding hydrogens is 340 g/mol. The molecule has 2 rings (SSSR count). The Balaban J connectivity index is 1.74. The van der Waals surface area contributed by atoms with E-state index in [1.165, 1.54) is 32.1 Å². The van der Waals surface area contributed by atoms with Gasteiger partial charge in [0.15, 0.2) is 0 Å². The number of benzene rings is 1. The molecule has 0 aliphatic heterocycles. The fourth-order valence-electron chi connectivity index (χ4n) is 3.41. The van der Waals surface area contributed by atoms with Crippen molar-refractivity contribution in [2.24, 2.45) is 0 Å². The van der Waals surface area contributed by atoms with Gasteiger partial charge in [0.1, 0.15) is 6.04 Å². The standard InChI is InChI=1S/C22H32N2O3/c1-2-3-4-5-6-7-8-9-14-21(25)24-20(22(26)27)15-17-16-23-19-13-11-10-12-18(17)19/h10-13,16,20,23H,2-9,14-15H2,1H3,(H,24,25)(H,26,27)/t20-/m0/s1. The molecule has 1 aromatic heterocycles. The Kier molecular flexibility index (Phi) is 8.89. The van der Waals surface area contributed by atoms with Gasteiger partial charge in [-0.3, -0.25) is 4.79 Å². The van der Waals surface area contributed by atoms with Gasteiger partial charge in [-0.25, -0.2) is 4.79 Å². The van der Waals surface area contributed by atoms with Crippen molar-refractivity contribution in [2.45, 2.75) is 77.2 Å². The molecule has 1 amide bonds. The molecule has 0 unspecified atom stereocenters. The number of aromatic amines is 1. The highest BCUT2D eigenvalue weighted by Gasteiger charge is 2.21. The first-order valence-electron chi connectivity index (χ1n) is 10.2. The van der Waals surface area contributed by atoms with Crippen LogP contribution in [0.5, 0.6) is 0 Å². The largest absolute Gasteiger partial charge is 0.480 e. The summed E-state index contributed by atoms with van der Waals surface area (Å²) in [6.07, 6.45) is 11.8. The number of carboxylic acid groups (broad SMARTS) is 1. The molecule has 5 heteroatoms. The highest BCUT2D eigenvalue weighted by atomic mass is 16.4. The van der Waals surface area contributed by atoms with E-state index in [4.69, 9.17) is 0 Å². The average molecular weight is 373 g/mol. The topological polar surface area (TPSA) is 82.2 Å². The van der Waals surface area contributed by atoms with Crippen LogP contribution in [-0.2, 0) is 16.0 Å². The Labute approximate surface area is 161 Å². The summed E-state index contributed by atoms with van der Waals surface area (Å²) in [6.45, 7) is 2.21. The van der Waals surface area contributed by atoms with Crippen LogP contribution in [0.2, 0.25) is 0 Å². The second-order valence-electron chi connectivity index (χ2n) is 7.25. The third-order valence-corrected chi connectivity index (χ3v) is 4.99. The summed E-state index contributed by atoms with van der Waals surface area (Å²) < 4.78 is 0. The Morgan fingerprint density at radius 1 is 1.04 bits per heavy atom. The molecule has 148 valence electrons. The van der Waals surface area contributed by atoms with E-state index in [0.717, 1.165) is 35.7 Å². The SMILES string of the molecule is CCCCCCCCCCC(=O)N[C@@H](Cc1c[nH]c2ccccc12)C(=O)O. The third-order valence-electron chi connectivity index (χ3n) is 4.99. The van der Waals surface area contributed by atoms with Crippen molar-refractivity contribution in [3.8, 4) is 0 Å². The summed E-state index contributed by atoms with van der Waals surface area (Å²) >= 11 is 0. The molecule has 0 fully saturated rings. The fraction of sp³-hybridized carbons (Fsp3) is 0.545. The molecule has 0 spiro atoms. The lowest BCUT2D eigenvalue weighted by atomic mass is 10.0. The van der Waals surface area contributed by atoms with Crippen molar-refractivity contribution >= 4 is 22.8 Å². The molecule has 0 bridgehead atoms. The predicted molar refractivity (Wildman–Crippen MR) is 109 cm³/mol. The van der Waals surface area contributed by atoms with Crippen LogP contribution in [0.1, 0.15) is 70.3 Å². The van der Waals surface area contributed by atoms with E-state index in [0.29, 0.717) is 6.42 Å². The van der Waals surface area contributed by atoms with Gasteiger partial charge in [0.25, 0.3) is 0 Å². The van der Waals surface area contributed by atoms with Crippen LogP contribution < -0.4 is 5.32 Å². The Morgan fingerprint density at radius 3 is 2.41 bits per heavy atom. The Hall–Kier alpha value is -2.30. The number of unbranched alkanes of at least 4 members (excludes halogenated alkanes) is 7. The number of H-pyrrole nitrogens is 1. The van der Waals surface area contributed by atoms with Gasteiger partial charge in [-0.1, -0.05) is 70.1 Å². The summed E-state index contributed by atoms with van der Waals surface area (Å²) in [5.74, 6) is -1.17. The zero-order chi connectivity index (χ0) is 19.5. The Morgan fingerprint density at radius 2 is 1.70 bits per heavy atom. The zero-order valence-electron chi connectivity index (χ0n) is 16.3. The first-order valence-corrected chi connectivity index (χ1v) is 10.2. The van der Waals surface area contributed by atoms with E-state index >= 15 is 0 Å². The molecule has 5 nitrogen and oxygen atoms in total. The summed E-state index contributed by atoms with van der Waals surface area (Å²) in [6, 6.07) is 6.88. The van der Waals surface area contributed by atoms with E-state index in [1.54, 1.807) is 0 Å². The second-order valence-corrected chi connectivity index (χ2v) is 7.25.